The molecule has 0 amide bonds. The number of ether oxygens (including phenoxy) is 2. The summed E-state index contributed by atoms with van der Waals surface area (Å²) < 4.78 is 10.3. The zero-order valence-electron chi connectivity index (χ0n) is 9.75. The maximum Gasteiger partial charge on any atom is 0.269 e. The standard InChI is InChI=1S/C11H13NO7/c13-8-5-18-11(10(15)9(8)14)19-7-3-1-6(2-4-7)12(16)17/h1-4,8-11,13-15H,5H2/t8-,9+,10-,11-/m0/s1. The molecule has 1 saturated heterocycles. The van der Waals surface area contributed by atoms with E-state index in [4.69, 9.17) is 9.47 Å². The molecule has 1 heterocycles. The molecule has 8 nitrogen and oxygen atoms in total. The Morgan fingerprint density at radius 1 is 1.21 bits per heavy atom. The summed E-state index contributed by atoms with van der Waals surface area (Å²) in [5, 5.41) is 38.8. The summed E-state index contributed by atoms with van der Waals surface area (Å²) in [4.78, 5) is 9.93. The molecule has 1 aliphatic heterocycles. The highest BCUT2D eigenvalue weighted by Gasteiger charge is 2.38. The first-order valence-electron chi connectivity index (χ1n) is 5.56. The van der Waals surface area contributed by atoms with Crippen molar-refractivity contribution >= 4 is 5.69 Å². The Bertz CT molecular complexity index is 449. The lowest BCUT2D eigenvalue weighted by atomic mass is 10.1. The van der Waals surface area contributed by atoms with E-state index in [-0.39, 0.29) is 18.0 Å². The van der Waals surface area contributed by atoms with Gasteiger partial charge in [-0.05, 0) is 12.1 Å². The molecule has 0 aromatic heterocycles. The van der Waals surface area contributed by atoms with Gasteiger partial charge in [0, 0.05) is 12.1 Å². The van der Waals surface area contributed by atoms with Crippen LogP contribution in [0.3, 0.4) is 0 Å². The third-order valence-corrected chi connectivity index (χ3v) is 2.75. The van der Waals surface area contributed by atoms with Gasteiger partial charge in [-0.2, -0.15) is 0 Å². The van der Waals surface area contributed by atoms with E-state index in [0.29, 0.717) is 0 Å². The van der Waals surface area contributed by atoms with Crippen molar-refractivity contribution < 1.29 is 29.7 Å². The Labute approximate surface area is 108 Å². The molecule has 0 bridgehead atoms. The monoisotopic (exact) mass is 271 g/mol. The molecule has 19 heavy (non-hydrogen) atoms. The Morgan fingerprint density at radius 3 is 2.42 bits per heavy atom. The summed E-state index contributed by atoms with van der Waals surface area (Å²) >= 11 is 0. The molecule has 1 fully saturated rings. The molecule has 0 aliphatic carbocycles. The van der Waals surface area contributed by atoms with E-state index in [1.54, 1.807) is 0 Å². The molecular formula is C11H13NO7. The lowest BCUT2D eigenvalue weighted by Gasteiger charge is -2.34. The van der Waals surface area contributed by atoms with E-state index >= 15 is 0 Å². The molecular weight excluding hydrogens is 258 g/mol. The number of nitrogens with zero attached hydrogens (tertiary/aromatic N) is 1. The normalized spacial score (nSPS) is 30.9. The van der Waals surface area contributed by atoms with Crippen LogP contribution in [0.15, 0.2) is 24.3 Å². The predicted octanol–water partition coefficient (Wildman–Crippen LogP) is -0.587. The number of hydrogen-bond donors (Lipinski definition) is 3. The molecule has 1 aromatic rings. The molecule has 1 aliphatic rings. The van der Waals surface area contributed by atoms with Gasteiger partial charge in [0.15, 0.2) is 0 Å². The van der Waals surface area contributed by atoms with Crippen molar-refractivity contribution in [1.82, 2.24) is 0 Å². The van der Waals surface area contributed by atoms with Gasteiger partial charge in [0.25, 0.3) is 5.69 Å². The van der Waals surface area contributed by atoms with Crippen LogP contribution in [0, 0.1) is 10.1 Å². The van der Waals surface area contributed by atoms with Gasteiger partial charge in [-0.1, -0.05) is 0 Å². The molecule has 0 radical (unpaired) electrons. The summed E-state index contributed by atoms with van der Waals surface area (Å²) in [7, 11) is 0. The Balaban J connectivity index is 2.03. The van der Waals surface area contributed by atoms with Gasteiger partial charge in [0.05, 0.1) is 11.5 Å². The first kappa shape index (κ1) is 13.7. The second-order valence-corrected chi connectivity index (χ2v) is 4.12. The number of non-ortho nitro benzene ring substituents is 1. The van der Waals surface area contributed by atoms with Crippen LogP contribution in [0.25, 0.3) is 0 Å². The lowest BCUT2D eigenvalue weighted by molar-refractivity contribution is -0.384. The average molecular weight is 271 g/mol. The predicted molar refractivity (Wildman–Crippen MR) is 61.5 cm³/mol. The van der Waals surface area contributed by atoms with Crippen molar-refractivity contribution in [2.24, 2.45) is 0 Å². The minimum atomic E-state index is -1.40. The van der Waals surface area contributed by atoms with Crippen molar-refractivity contribution in [3.63, 3.8) is 0 Å². The van der Waals surface area contributed by atoms with E-state index in [9.17, 15) is 25.4 Å². The SMILES string of the molecule is O=[N+]([O-])c1ccc(O[C@@H]2OC[C@H](O)[C@@H](O)[C@@H]2O)cc1. The van der Waals surface area contributed by atoms with Gasteiger partial charge >= 0.3 is 0 Å². The second kappa shape index (κ2) is 5.49. The van der Waals surface area contributed by atoms with Crippen molar-refractivity contribution in [2.45, 2.75) is 24.6 Å². The summed E-state index contributed by atoms with van der Waals surface area (Å²) in [6, 6.07) is 5.20. The molecule has 3 N–H and O–H groups in total. The quantitative estimate of drug-likeness (QED) is 0.496. The van der Waals surface area contributed by atoms with E-state index in [1.807, 2.05) is 0 Å². The van der Waals surface area contributed by atoms with E-state index in [1.165, 1.54) is 24.3 Å². The molecule has 8 heteroatoms. The van der Waals surface area contributed by atoms with E-state index < -0.39 is 29.5 Å². The zero-order chi connectivity index (χ0) is 14.0. The summed E-state index contributed by atoms with van der Waals surface area (Å²) in [5.74, 6) is 0.248. The van der Waals surface area contributed by atoms with E-state index in [2.05, 4.69) is 0 Å². The molecule has 0 spiro atoms. The zero-order valence-corrected chi connectivity index (χ0v) is 9.75. The van der Waals surface area contributed by atoms with Gasteiger partial charge < -0.3 is 24.8 Å². The van der Waals surface area contributed by atoms with Crippen LogP contribution in [0.1, 0.15) is 0 Å². The van der Waals surface area contributed by atoms with Crippen molar-refractivity contribution in [1.29, 1.82) is 0 Å². The van der Waals surface area contributed by atoms with Gasteiger partial charge in [-0.15, -0.1) is 0 Å². The highest BCUT2D eigenvalue weighted by molar-refractivity contribution is 5.36. The van der Waals surface area contributed by atoms with Crippen molar-refractivity contribution in [2.75, 3.05) is 6.61 Å². The van der Waals surface area contributed by atoms with Crippen LogP contribution in [0.5, 0.6) is 5.75 Å². The third-order valence-electron chi connectivity index (χ3n) is 2.75. The molecule has 104 valence electrons. The van der Waals surface area contributed by atoms with Gasteiger partial charge in [-0.3, -0.25) is 10.1 Å². The molecule has 0 unspecified atom stereocenters. The number of aliphatic hydroxyl groups excluding tert-OH is 3. The number of nitro benzene ring substituents is 1. The number of nitro groups is 1. The van der Waals surface area contributed by atoms with Gasteiger partial charge in [0.1, 0.15) is 24.1 Å². The maximum atomic E-state index is 10.5. The highest BCUT2D eigenvalue weighted by Crippen LogP contribution is 2.22. The first-order valence-corrected chi connectivity index (χ1v) is 5.56. The Kier molecular flexibility index (Phi) is 3.96. The molecule has 2 rings (SSSR count). The maximum absolute atomic E-state index is 10.5. The summed E-state index contributed by atoms with van der Waals surface area (Å²) in [5.41, 5.74) is -0.0899. The van der Waals surface area contributed by atoms with Crippen LogP contribution in [0.2, 0.25) is 0 Å². The van der Waals surface area contributed by atoms with Crippen molar-refractivity contribution in [3.05, 3.63) is 34.4 Å². The lowest BCUT2D eigenvalue weighted by Crippen LogP contribution is -2.54. The highest BCUT2D eigenvalue weighted by atomic mass is 16.7. The van der Waals surface area contributed by atoms with E-state index in [0.717, 1.165) is 0 Å². The second-order valence-electron chi connectivity index (χ2n) is 4.12. The average Bonchev–Trinajstić information content (AvgIpc) is 2.40. The van der Waals surface area contributed by atoms with Crippen LogP contribution < -0.4 is 4.74 Å². The molecule has 0 saturated carbocycles. The van der Waals surface area contributed by atoms with Crippen LogP contribution >= 0.6 is 0 Å². The smallest absolute Gasteiger partial charge is 0.269 e. The van der Waals surface area contributed by atoms with Crippen LogP contribution in [-0.4, -0.2) is 51.5 Å². The first-order chi connectivity index (χ1) is 8.99. The summed E-state index contributed by atoms with van der Waals surface area (Å²) in [6.07, 6.45) is -5.08. The fraction of sp³-hybridized carbons (Fsp3) is 0.455. The topological polar surface area (TPSA) is 122 Å². The minimum Gasteiger partial charge on any atom is -0.462 e. The van der Waals surface area contributed by atoms with Gasteiger partial charge in [-0.25, -0.2) is 0 Å². The third kappa shape index (κ3) is 2.99. The van der Waals surface area contributed by atoms with Crippen molar-refractivity contribution in [3.8, 4) is 5.75 Å². The number of rotatable bonds is 3. The number of aliphatic hydroxyl groups is 3. The largest absolute Gasteiger partial charge is 0.462 e. The fourth-order valence-corrected chi connectivity index (χ4v) is 1.66. The van der Waals surface area contributed by atoms with Gasteiger partial charge in [0.2, 0.25) is 6.29 Å². The molecule has 4 atom stereocenters. The Morgan fingerprint density at radius 2 is 1.84 bits per heavy atom. The fourth-order valence-electron chi connectivity index (χ4n) is 1.66. The van der Waals surface area contributed by atoms with Crippen LogP contribution in [-0.2, 0) is 4.74 Å². The Hall–Kier alpha value is -1.74. The minimum absolute atomic E-state index is 0.0899. The number of hydrogen-bond acceptors (Lipinski definition) is 7. The molecule has 1 aromatic carbocycles. The summed E-state index contributed by atoms with van der Waals surface area (Å²) in [6.45, 7) is -0.171. The number of benzene rings is 1. The van der Waals surface area contributed by atoms with Crippen LogP contribution in [0.4, 0.5) is 5.69 Å².